The molecule has 0 aliphatic heterocycles. The molecule has 5 nitrogen and oxygen atoms in total. The van der Waals surface area contributed by atoms with Crippen molar-refractivity contribution in [2.45, 2.75) is 31.7 Å². The van der Waals surface area contributed by atoms with E-state index >= 15 is 0 Å². The minimum atomic E-state index is -0.438. The Morgan fingerprint density at radius 2 is 1.94 bits per heavy atom. The van der Waals surface area contributed by atoms with Crippen molar-refractivity contribution < 1.29 is 19.1 Å². The van der Waals surface area contributed by atoms with Crippen molar-refractivity contribution in [2.24, 2.45) is 5.92 Å². The van der Waals surface area contributed by atoms with Gasteiger partial charge in [-0.25, -0.2) is 4.79 Å². The molecule has 1 saturated carbocycles. The molecular formula is C11H18ClNO4. The van der Waals surface area contributed by atoms with Crippen molar-refractivity contribution in [1.29, 1.82) is 0 Å². The third-order valence-corrected chi connectivity index (χ3v) is 3.05. The Kier molecular flexibility index (Phi) is 6.11. The summed E-state index contributed by atoms with van der Waals surface area (Å²) in [6, 6.07) is 0.0822. The van der Waals surface area contributed by atoms with Gasteiger partial charge in [-0.05, 0) is 25.7 Å². The third-order valence-electron chi connectivity index (χ3n) is 2.89. The molecule has 0 saturated heterocycles. The Morgan fingerprint density at radius 3 is 2.47 bits per heavy atom. The topological polar surface area (TPSA) is 64.6 Å². The van der Waals surface area contributed by atoms with E-state index in [1.54, 1.807) is 0 Å². The van der Waals surface area contributed by atoms with Gasteiger partial charge in [0.25, 0.3) is 0 Å². The maximum Gasteiger partial charge on any atom is 0.407 e. The zero-order chi connectivity index (χ0) is 12.7. The van der Waals surface area contributed by atoms with Crippen molar-refractivity contribution in [1.82, 2.24) is 5.32 Å². The Labute approximate surface area is 106 Å². The number of esters is 1. The summed E-state index contributed by atoms with van der Waals surface area (Å²) < 4.78 is 9.51. The summed E-state index contributed by atoms with van der Waals surface area (Å²) >= 11 is 5.40. The van der Waals surface area contributed by atoms with E-state index in [-0.39, 0.29) is 24.5 Å². The number of carbonyl (C=O) groups excluding carboxylic acids is 2. The molecule has 1 fully saturated rings. The molecule has 0 atom stereocenters. The van der Waals surface area contributed by atoms with E-state index in [0.717, 1.165) is 25.7 Å². The lowest BCUT2D eigenvalue weighted by atomic mass is 9.86. The minimum absolute atomic E-state index is 0.0306. The summed E-state index contributed by atoms with van der Waals surface area (Å²) in [6.45, 7) is 0.213. The lowest BCUT2D eigenvalue weighted by Gasteiger charge is -2.27. The predicted octanol–water partition coefficient (Wildman–Crippen LogP) is 1.68. The molecule has 1 aliphatic rings. The first-order chi connectivity index (χ1) is 8.17. The number of alkyl halides is 1. The van der Waals surface area contributed by atoms with Gasteiger partial charge in [0.05, 0.1) is 18.9 Å². The average molecular weight is 264 g/mol. The lowest BCUT2D eigenvalue weighted by molar-refractivity contribution is -0.146. The summed E-state index contributed by atoms with van der Waals surface area (Å²) in [5.74, 6) is 0.104. The largest absolute Gasteiger partial charge is 0.469 e. The smallest absolute Gasteiger partial charge is 0.407 e. The summed E-state index contributed by atoms with van der Waals surface area (Å²) in [4.78, 5) is 22.5. The van der Waals surface area contributed by atoms with Gasteiger partial charge in [0.15, 0.2) is 0 Å². The fraction of sp³-hybridized carbons (Fsp3) is 0.818. The van der Waals surface area contributed by atoms with Crippen molar-refractivity contribution in [3.8, 4) is 0 Å². The van der Waals surface area contributed by atoms with Crippen LogP contribution in [0.1, 0.15) is 25.7 Å². The van der Waals surface area contributed by atoms with Crippen LogP contribution in [0.2, 0.25) is 0 Å². The van der Waals surface area contributed by atoms with Gasteiger partial charge in [0, 0.05) is 6.04 Å². The molecule has 0 aromatic heterocycles. The molecule has 1 amide bonds. The van der Waals surface area contributed by atoms with Crippen molar-refractivity contribution in [2.75, 3.05) is 19.6 Å². The van der Waals surface area contributed by atoms with E-state index in [4.69, 9.17) is 21.1 Å². The number of hydrogen-bond donors (Lipinski definition) is 1. The standard InChI is InChI=1S/C11H18ClNO4/c1-16-10(14)8-2-4-9(5-3-8)13-11(15)17-7-6-12/h8-9H,2-7H2,1H3,(H,13,15)/t8-,9+. The Balaban J connectivity index is 2.23. The van der Waals surface area contributed by atoms with Crippen LogP contribution in [-0.2, 0) is 14.3 Å². The highest BCUT2D eigenvalue weighted by atomic mass is 35.5. The van der Waals surface area contributed by atoms with Gasteiger partial charge in [0.1, 0.15) is 6.61 Å². The maximum atomic E-state index is 11.3. The highest BCUT2D eigenvalue weighted by Crippen LogP contribution is 2.25. The van der Waals surface area contributed by atoms with Gasteiger partial charge in [-0.2, -0.15) is 0 Å². The molecule has 1 rings (SSSR count). The zero-order valence-corrected chi connectivity index (χ0v) is 10.7. The number of halogens is 1. The van der Waals surface area contributed by atoms with Crippen LogP contribution < -0.4 is 5.32 Å². The quantitative estimate of drug-likeness (QED) is 0.619. The molecule has 0 aromatic rings. The minimum Gasteiger partial charge on any atom is -0.469 e. The number of ether oxygens (including phenoxy) is 2. The zero-order valence-electron chi connectivity index (χ0n) is 9.91. The van der Waals surface area contributed by atoms with Crippen LogP contribution in [0.25, 0.3) is 0 Å². The first-order valence-corrected chi connectivity index (χ1v) is 6.28. The molecule has 0 spiro atoms. The summed E-state index contributed by atoms with van der Waals surface area (Å²) in [5, 5.41) is 2.76. The number of methoxy groups -OCH3 is 1. The SMILES string of the molecule is COC(=O)[C@H]1CC[C@@H](NC(=O)OCCCl)CC1. The molecule has 0 radical (unpaired) electrons. The van der Waals surface area contributed by atoms with E-state index in [0.29, 0.717) is 5.88 Å². The van der Waals surface area contributed by atoms with E-state index in [2.05, 4.69) is 5.32 Å². The number of rotatable bonds is 4. The molecule has 0 heterocycles. The van der Waals surface area contributed by atoms with Crippen LogP contribution in [-0.4, -0.2) is 37.7 Å². The van der Waals surface area contributed by atoms with E-state index in [1.165, 1.54) is 7.11 Å². The van der Waals surface area contributed by atoms with Crippen LogP contribution in [0, 0.1) is 5.92 Å². The molecular weight excluding hydrogens is 246 g/mol. The van der Waals surface area contributed by atoms with E-state index < -0.39 is 6.09 Å². The fourth-order valence-corrected chi connectivity index (χ4v) is 2.06. The highest BCUT2D eigenvalue weighted by Gasteiger charge is 2.27. The lowest BCUT2D eigenvalue weighted by Crippen LogP contribution is -2.39. The Hall–Kier alpha value is -0.970. The first-order valence-electron chi connectivity index (χ1n) is 5.74. The van der Waals surface area contributed by atoms with Gasteiger partial charge < -0.3 is 14.8 Å². The second-order valence-electron chi connectivity index (χ2n) is 4.04. The van der Waals surface area contributed by atoms with Crippen LogP contribution in [0.5, 0.6) is 0 Å². The van der Waals surface area contributed by atoms with Gasteiger partial charge in [-0.1, -0.05) is 0 Å². The monoisotopic (exact) mass is 263 g/mol. The van der Waals surface area contributed by atoms with E-state index in [1.807, 2.05) is 0 Å². The van der Waals surface area contributed by atoms with E-state index in [9.17, 15) is 9.59 Å². The number of amides is 1. The van der Waals surface area contributed by atoms with Crippen molar-refractivity contribution in [3.05, 3.63) is 0 Å². The summed E-state index contributed by atoms with van der Waals surface area (Å²) in [6.07, 6.45) is 2.60. The van der Waals surface area contributed by atoms with Crippen LogP contribution in [0.4, 0.5) is 4.79 Å². The highest BCUT2D eigenvalue weighted by molar-refractivity contribution is 6.18. The van der Waals surface area contributed by atoms with Gasteiger partial charge >= 0.3 is 12.1 Å². The third kappa shape index (κ3) is 4.81. The van der Waals surface area contributed by atoms with Crippen LogP contribution in [0.3, 0.4) is 0 Å². The number of alkyl carbamates (subject to hydrolysis) is 1. The second-order valence-corrected chi connectivity index (χ2v) is 4.42. The molecule has 17 heavy (non-hydrogen) atoms. The molecule has 1 aliphatic carbocycles. The molecule has 0 unspecified atom stereocenters. The van der Waals surface area contributed by atoms with Crippen LogP contribution in [0.15, 0.2) is 0 Å². The molecule has 98 valence electrons. The molecule has 1 N–H and O–H groups in total. The van der Waals surface area contributed by atoms with Crippen molar-refractivity contribution in [3.63, 3.8) is 0 Å². The second kappa shape index (κ2) is 7.37. The molecule has 6 heteroatoms. The normalized spacial score (nSPS) is 23.9. The van der Waals surface area contributed by atoms with Crippen LogP contribution >= 0.6 is 11.6 Å². The average Bonchev–Trinajstić information content (AvgIpc) is 2.36. The van der Waals surface area contributed by atoms with Gasteiger partial charge in [0.2, 0.25) is 0 Å². The number of hydrogen-bond acceptors (Lipinski definition) is 4. The summed E-state index contributed by atoms with van der Waals surface area (Å²) in [5.41, 5.74) is 0. The first kappa shape index (κ1) is 14.1. The summed E-state index contributed by atoms with van der Waals surface area (Å²) in [7, 11) is 1.40. The van der Waals surface area contributed by atoms with Crippen molar-refractivity contribution >= 4 is 23.7 Å². The fourth-order valence-electron chi connectivity index (χ4n) is 1.98. The number of nitrogens with one attached hydrogen (secondary N) is 1. The molecule has 0 bridgehead atoms. The Bertz CT molecular complexity index is 264. The number of carbonyl (C=O) groups is 2. The van der Waals surface area contributed by atoms with Gasteiger partial charge in [-0.15, -0.1) is 11.6 Å². The molecule has 0 aromatic carbocycles. The maximum absolute atomic E-state index is 11.3. The Morgan fingerprint density at radius 1 is 1.29 bits per heavy atom. The van der Waals surface area contributed by atoms with Gasteiger partial charge in [-0.3, -0.25) is 4.79 Å². The predicted molar refractivity (Wildman–Crippen MR) is 63.0 cm³/mol.